The van der Waals surface area contributed by atoms with E-state index < -0.39 is 0 Å². The predicted octanol–water partition coefficient (Wildman–Crippen LogP) is 9.44. The molecular formula is C45H30BN3O. The Bertz CT molecular complexity index is 2760. The van der Waals surface area contributed by atoms with Gasteiger partial charge in [-0.1, -0.05) is 97.1 Å². The normalized spacial score (nSPS) is 12.6. The number of para-hydroxylation sites is 5. The van der Waals surface area contributed by atoms with E-state index in [0.717, 1.165) is 34.2 Å². The number of hydrogen-bond acceptors (Lipinski definition) is 2. The highest BCUT2D eigenvalue weighted by atomic mass is 16.5. The Morgan fingerprint density at radius 1 is 0.500 bits per heavy atom. The van der Waals surface area contributed by atoms with Crippen molar-refractivity contribution >= 4 is 73.0 Å². The molecule has 234 valence electrons. The lowest BCUT2D eigenvalue weighted by Gasteiger charge is -2.34. The van der Waals surface area contributed by atoms with Gasteiger partial charge >= 0.3 is 0 Å². The fourth-order valence-corrected chi connectivity index (χ4v) is 8.62. The zero-order valence-corrected chi connectivity index (χ0v) is 27.4. The lowest BCUT2D eigenvalue weighted by atomic mass is 9.34. The zero-order valence-electron chi connectivity index (χ0n) is 27.4. The van der Waals surface area contributed by atoms with E-state index in [9.17, 15) is 0 Å². The molecule has 0 amide bonds. The average Bonchev–Trinajstić information content (AvgIpc) is 3.68. The molecule has 7 aromatic carbocycles. The third kappa shape index (κ3) is 3.72. The Balaban J connectivity index is 1.20. The molecule has 0 N–H and O–H groups in total. The van der Waals surface area contributed by atoms with Gasteiger partial charge in [-0.15, -0.1) is 0 Å². The molecular weight excluding hydrogens is 609 g/mol. The minimum Gasteiger partial charge on any atom is -0.458 e. The molecule has 0 atom stereocenters. The van der Waals surface area contributed by atoms with E-state index >= 15 is 0 Å². The van der Waals surface area contributed by atoms with Crippen molar-refractivity contribution in [3.63, 3.8) is 0 Å². The first-order valence-corrected chi connectivity index (χ1v) is 17.2. The van der Waals surface area contributed by atoms with Gasteiger partial charge in [-0.3, -0.25) is 0 Å². The number of nitrogens with zero attached hydrogens (tertiary/aromatic N) is 3. The van der Waals surface area contributed by atoms with Crippen LogP contribution in [0.3, 0.4) is 0 Å². The van der Waals surface area contributed by atoms with Crippen LogP contribution in [0.2, 0.25) is 0 Å². The van der Waals surface area contributed by atoms with Crippen molar-refractivity contribution in [1.82, 2.24) is 9.13 Å². The molecule has 0 saturated heterocycles. The lowest BCUT2D eigenvalue weighted by molar-refractivity contribution is 0.487. The molecule has 2 aliphatic heterocycles. The third-order valence-electron chi connectivity index (χ3n) is 10.6. The lowest BCUT2D eigenvalue weighted by Crippen LogP contribution is -2.58. The van der Waals surface area contributed by atoms with Crippen LogP contribution in [0.1, 0.15) is 5.56 Å². The maximum absolute atomic E-state index is 6.98. The fraction of sp³-hybridized carbons (Fsp3) is 0.0222. The van der Waals surface area contributed by atoms with Crippen LogP contribution in [-0.2, 0) is 0 Å². The second-order valence-electron chi connectivity index (χ2n) is 13.4. The Labute approximate surface area is 290 Å². The summed E-state index contributed by atoms with van der Waals surface area (Å²) in [5.74, 6) is 1.83. The molecule has 2 aliphatic rings. The molecule has 11 rings (SSSR count). The fourth-order valence-electron chi connectivity index (χ4n) is 8.62. The molecule has 2 aromatic heterocycles. The van der Waals surface area contributed by atoms with Crippen LogP contribution >= 0.6 is 0 Å². The number of fused-ring (bicyclic) bond motifs is 9. The summed E-state index contributed by atoms with van der Waals surface area (Å²) in [6, 6.07) is 58.9. The summed E-state index contributed by atoms with van der Waals surface area (Å²) in [4.78, 5) is 2.30. The van der Waals surface area contributed by atoms with Crippen molar-refractivity contribution < 1.29 is 4.74 Å². The van der Waals surface area contributed by atoms with E-state index in [4.69, 9.17) is 4.74 Å². The van der Waals surface area contributed by atoms with Gasteiger partial charge in [-0.25, -0.2) is 0 Å². The number of hydrogen-bond donors (Lipinski definition) is 0. The maximum atomic E-state index is 6.98. The standard InChI is InChI=1S/C45H30BN3O/c1-29-26-39-42-41(27-29)50-40-28-33(47(30-14-5-2-6-15-30)31-16-7-3-8-17-31)24-25-36(40)46(42)37-22-13-21-35-43(37)49(39)44-34-20-11-12-23-38(34)48(45(35)44)32-18-9-4-10-19-32/h2-28H,1H3. The molecule has 0 saturated carbocycles. The van der Waals surface area contributed by atoms with Crippen molar-refractivity contribution in [3.8, 4) is 22.9 Å². The highest BCUT2D eigenvalue weighted by Crippen LogP contribution is 2.44. The summed E-state index contributed by atoms with van der Waals surface area (Å²) >= 11 is 0. The van der Waals surface area contributed by atoms with Crippen LogP contribution in [0.4, 0.5) is 17.1 Å². The Morgan fingerprint density at radius 2 is 1.16 bits per heavy atom. The van der Waals surface area contributed by atoms with Gasteiger partial charge in [-0.05, 0) is 89.5 Å². The number of ether oxygens (including phenoxy) is 1. The Kier molecular flexibility index (Phi) is 5.65. The average molecular weight is 640 g/mol. The van der Waals surface area contributed by atoms with Crippen molar-refractivity contribution in [1.29, 1.82) is 0 Å². The Morgan fingerprint density at radius 3 is 1.92 bits per heavy atom. The van der Waals surface area contributed by atoms with Gasteiger partial charge in [0.05, 0.1) is 22.1 Å². The number of anilines is 3. The first-order valence-electron chi connectivity index (χ1n) is 17.2. The minimum absolute atomic E-state index is 0.0342. The third-order valence-corrected chi connectivity index (χ3v) is 10.6. The molecule has 50 heavy (non-hydrogen) atoms. The van der Waals surface area contributed by atoms with E-state index in [1.807, 2.05) is 0 Å². The summed E-state index contributed by atoms with van der Waals surface area (Å²) < 4.78 is 12.0. The van der Waals surface area contributed by atoms with Crippen molar-refractivity contribution in [2.45, 2.75) is 6.92 Å². The Hall–Kier alpha value is -6.46. The van der Waals surface area contributed by atoms with Gasteiger partial charge in [0.25, 0.3) is 6.71 Å². The molecule has 4 heterocycles. The van der Waals surface area contributed by atoms with Crippen LogP contribution in [0.5, 0.6) is 11.5 Å². The van der Waals surface area contributed by atoms with Crippen molar-refractivity contribution in [3.05, 3.63) is 169 Å². The highest BCUT2D eigenvalue weighted by molar-refractivity contribution is 6.99. The largest absolute Gasteiger partial charge is 0.458 e. The number of aryl methyl sites for hydroxylation is 1. The number of aromatic nitrogens is 2. The topological polar surface area (TPSA) is 22.3 Å². The smallest absolute Gasteiger partial charge is 0.256 e. The van der Waals surface area contributed by atoms with Gasteiger partial charge in [-0.2, -0.15) is 0 Å². The second-order valence-corrected chi connectivity index (χ2v) is 13.4. The first-order chi connectivity index (χ1) is 24.7. The molecule has 4 nitrogen and oxygen atoms in total. The van der Waals surface area contributed by atoms with E-state index in [-0.39, 0.29) is 6.71 Å². The summed E-state index contributed by atoms with van der Waals surface area (Å²) in [5.41, 5.74) is 15.5. The van der Waals surface area contributed by atoms with Gasteiger partial charge in [0, 0.05) is 45.3 Å². The van der Waals surface area contributed by atoms with Crippen molar-refractivity contribution in [2.24, 2.45) is 0 Å². The molecule has 0 aliphatic carbocycles. The first kappa shape index (κ1) is 27.5. The van der Waals surface area contributed by atoms with Gasteiger partial charge < -0.3 is 18.8 Å². The molecule has 5 heteroatoms. The van der Waals surface area contributed by atoms with Crippen LogP contribution in [0.15, 0.2) is 164 Å². The maximum Gasteiger partial charge on any atom is 0.256 e. The minimum atomic E-state index is 0.0342. The SMILES string of the molecule is Cc1cc2c3c(c1)-n1c4c(cccc4c4c1c1ccccc1n4-c1ccccc1)B3c1ccc(N(c3ccccc3)c3ccccc3)cc1O2. The van der Waals surface area contributed by atoms with E-state index in [1.165, 1.54) is 60.5 Å². The highest BCUT2D eigenvalue weighted by Gasteiger charge is 2.41. The molecule has 0 radical (unpaired) electrons. The van der Waals surface area contributed by atoms with Crippen LogP contribution in [-0.4, -0.2) is 15.8 Å². The summed E-state index contributed by atoms with van der Waals surface area (Å²) in [7, 11) is 0. The van der Waals surface area contributed by atoms with Crippen LogP contribution in [0, 0.1) is 6.92 Å². The molecule has 0 unspecified atom stereocenters. The predicted molar refractivity (Wildman–Crippen MR) is 208 cm³/mol. The second kappa shape index (κ2) is 10.3. The molecule has 9 aromatic rings. The van der Waals surface area contributed by atoms with E-state index in [2.05, 4.69) is 185 Å². The van der Waals surface area contributed by atoms with Crippen LogP contribution < -0.4 is 26.0 Å². The summed E-state index contributed by atoms with van der Waals surface area (Å²) in [5, 5.41) is 2.50. The van der Waals surface area contributed by atoms with E-state index in [0.29, 0.717) is 0 Å². The molecule has 0 spiro atoms. The van der Waals surface area contributed by atoms with Crippen molar-refractivity contribution in [2.75, 3.05) is 4.90 Å². The number of rotatable bonds is 4. The van der Waals surface area contributed by atoms with E-state index in [1.54, 1.807) is 0 Å². The number of benzene rings is 7. The van der Waals surface area contributed by atoms with Crippen LogP contribution in [0.25, 0.3) is 44.2 Å². The van der Waals surface area contributed by atoms with Gasteiger partial charge in [0.1, 0.15) is 11.5 Å². The molecule has 0 bridgehead atoms. The van der Waals surface area contributed by atoms with Gasteiger partial charge in [0.2, 0.25) is 0 Å². The summed E-state index contributed by atoms with van der Waals surface area (Å²) in [6.07, 6.45) is 0. The monoisotopic (exact) mass is 639 g/mol. The molecule has 0 fully saturated rings. The van der Waals surface area contributed by atoms with Gasteiger partial charge in [0.15, 0.2) is 0 Å². The quantitative estimate of drug-likeness (QED) is 0.179. The zero-order chi connectivity index (χ0) is 32.9. The summed E-state index contributed by atoms with van der Waals surface area (Å²) in [6.45, 7) is 2.21.